The maximum atomic E-state index is 5.34. The van der Waals surface area contributed by atoms with Gasteiger partial charge in [0.05, 0.1) is 33.2 Å². The molecular formula is C16H18N2O3. The van der Waals surface area contributed by atoms with Crippen LogP contribution >= 0.6 is 0 Å². The van der Waals surface area contributed by atoms with E-state index in [1.807, 2.05) is 42.5 Å². The van der Waals surface area contributed by atoms with Crippen LogP contribution in [0.2, 0.25) is 0 Å². The van der Waals surface area contributed by atoms with Crippen molar-refractivity contribution in [1.29, 1.82) is 0 Å². The van der Waals surface area contributed by atoms with Crippen molar-refractivity contribution in [2.75, 3.05) is 26.8 Å². The number of para-hydroxylation sites is 1. The Bertz CT molecular complexity index is 609. The molecule has 110 valence electrons. The minimum Gasteiger partial charge on any atom is -0.497 e. The summed E-state index contributed by atoms with van der Waals surface area (Å²) in [6, 6.07) is 13.1. The van der Waals surface area contributed by atoms with Crippen molar-refractivity contribution in [3.63, 3.8) is 0 Å². The van der Waals surface area contributed by atoms with Gasteiger partial charge in [-0.2, -0.15) is 5.10 Å². The van der Waals surface area contributed by atoms with E-state index in [4.69, 9.17) is 14.2 Å². The van der Waals surface area contributed by atoms with Gasteiger partial charge in [0.2, 0.25) is 0 Å². The van der Waals surface area contributed by atoms with Crippen LogP contribution < -0.4 is 19.6 Å². The highest BCUT2D eigenvalue weighted by atomic mass is 16.5. The van der Waals surface area contributed by atoms with Gasteiger partial charge in [0.1, 0.15) is 5.75 Å². The summed E-state index contributed by atoms with van der Waals surface area (Å²) >= 11 is 0. The van der Waals surface area contributed by atoms with E-state index in [1.165, 1.54) is 0 Å². The summed E-state index contributed by atoms with van der Waals surface area (Å²) in [5.41, 5.74) is 4.65. The highest BCUT2D eigenvalue weighted by Crippen LogP contribution is 2.29. The molecule has 0 amide bonds. The molecular weight excluding hydrogens is 268 g/mol. The largest absolute Gasteiger partial charge is 0.497 e. The topological polar surface area (TPSA) is 52.1 Å². The third-order valence-corrected chi connectivity index (χ3v) is 2.92. The normalized spacial score (nSPS) is 10.4. The maximum absolute atomic E-state index is 5.34. The van der Waals surface area contributed by atoms with Crippen LogP contribution in [0.1, 0.15) is 5.56 Å². The monoisotopic (exact) mass is 286 g/mol. The van der Waals surface area contributed by atoms with E-state index in [-0.39, 0.29) is 0 Å². The van der Waals surface area contributed by atoms with Crippen molar-refractivity contribution in [3.8, 4) is 17.2 Å². The van der Waals surface area contributed by atoms with E-state index in [9.17, 15) is 0 Å². The lowest BCUT2D eigenvalue weighted by Gasteiger charge is -2.09. The average molecular weight is 286 g/mol. The molecule has 0 bridgehead atoms. The van der Waals surface area contributed by atoms with Gasteiger partial charge >= 0.3 is 0 Å². The van der Waals surface area contributed by atoms with Gasteiger partial charge in [-0.1, -0.05) is 6.07 Å². The number of anilines is 1. The molecule has 5 nitrogen and oxygen atoms in total. The van der Waals surface area contributed by atoms with Gasteiger partial charge in [-0.25, -0.2) is 0 Å². The van der Waals surface area contributed by atoms with Gasteiger partial charge in [0.25, 0.3) is 0 Å². The van der Waals surface area contributed by atoms with Crippen LogP contribution in [0.4, 0.5) is 5.69 Å². The fourth-order valence-electron chi connectivity index (χ4n) is 1.86. The number of rotatable bonds is 6. The van der Waals surface area contributed by atoms with Gasteiger partial charge in [0.15, 0.2) is 11.5 Å². The van der Waals surface area contributed by atoms with E-state index >= 15 is 0 Å². The van der Waals surface area contributed by atoms with E-state index in [1.54, 1.807) is 27.5 Å². The standard InChI is InChI=1S/C16H18N2O3/c1-19-14-9-7-13(8-10-14)18-17-11-12-5-4-6-15(20-2)16(12)21-3/h4-11,18H,1-3H3/b17-11+. The zero-order valence-electron chi connectivity index (χ0n) is 12.3. The van der Waals surface area contributed by atoms with Gasteiger partial charge in [0, 0.05) is 5.56 Å². The lowest BCUT2D eigenvalue weighted by atomic mass is 10.2. The quantitative estimate of drug-likeness (QED) is 0.654. The van der Waals surface area contributed by atoms with Gasteiger partial charge in [-0.3, -0.25) is 5.43 Å². The molecule has 0 fully saturated rings. The Hall–Kier alpha value is -2.69. The minimum atomic E-state index is 0.653. The molecule has 0 saturated heterocycles. The number of methoxy groups -OCH3 is 3. The highest BCUT2D eigenvalue weighted by Gasteiger charge is 2.06. The Morgan fingerprint density at radius 2 is 1.67 bits per heavy atom. The first-order chi connectivity index (χ1) is 10.3. The van der Waals surface area contributed by atoms with Crippen molar-refractivity contribution in [2.24, 2.45) is 5.10 Å². The Morgan fingerprint density at radius 3 is 2.29 bits per heavy atom. The SMILES string of the molecule is COc1ccc(N/N=C/c2cccc(OC)c2OC)cc1. The van der Waals surface area contributed by atoms with Crippen LogP contribution in [0.5, 0.6) is 17.2 Å². The van der Waals surface area contributed by atoms with Crippen LogP contribution in [-0.2, 0) is 0 Å². The van der Waals surface area contributed by atoms with Crippen LogP contribution in [0.25, 0.3) is 0 Å². The van der Waals surface area contributed by atoms with Crippen LogP contribution in [0, 0.1) is 0 Å². The molecule has 0 spiro atoms. The maximum Gasteiger partial charge on any atom is 0.169 e. The minimum absolute atomic E-state index is 0.653. The number of nitrogens with one attached hydrogen (secondary N) is 1. The summed E-state index contributed by atoms with van der Waals surface area (Å²) in [6.45, 7) is 0. The molecule has 21 heavy (non-hydrogen) atoms. The van der Waals surface area contributed by atoms with Crippen molar-refractivity contribution >= 4 is 11.9 Å². The number of benzene rings is 2. The lowest BCUT2D eigenvalue weighted by Crippen LogP contribution is -1.96. The third-order valence-electron chi connectivity index (χ3n) is 2.92. The Kier molecular flexibility index (Phi) is 5.04. The molecule has 0 heterocycles. The zero-order chi connectivity index (χ0) is 15.1. The van der Waals surface area contributed by atoms with Gasteiger partial charge < -0.3 is 14.2 Å². The van der Waals surface area contributed by atoms with Crippen molar-refractivity contribution in [2.45, 2.75) is 0 Å². The molecule has 0 saturated carbocycles. The van der Waals surface area contributed by atoms with Crippen LogP contribution in [-0.4, -0.2) is 27.5 Å². The fraction of sp³-hybridized carbons (Fsp3) is 0.188. The Morgan fingerprint density at radius 1 is 0.905 bits per heavy atom. The molecule has 0 aliphatic carbocycles. The first-order valence-corrected chi connectivity index (χ1v) is 6.42. The Labute approximate surface area is 124 Å². The van der Waals surface area contributed by atoms with Gasteiger partial charge in [-0.15, -0.1) is 0 Å². The van der Waals surface area contributed by atoms with Crippen LogP contribution in [0.15, 0.2) is 47.6 Å². The molecule has 0 unspecified atom stereocenters. The number of hydrogen-bond donors (Lipinski definition) is 1. The molecule has 0 aliphatic rings. The number of ether oxygens (including phenoxy) is 3. The second-order valence-corrected chi connectivity index (χ2v) is 4.18. The smallest absolute Gasteiger partial charge is 0.169 e. The van der Waals surface area contributed by atoms with Crippen LogP contribution in [0.3, 0.4) is 0 Å². The molecule has 1 N–H and O–H groups in total. The van der Waals surface area contributed by atoms with Crippen molar-refractivity contribution in [1.82, 2.24) is 0 Å². The molecule has 5 heteroatoms. The Balaban J connectivity index is 2.10. The van der Waals surface area contributed by atoms with Gasteiger partial charge in [-0.05, 0) is 36.4 Å². The number of nitrogens with zero attached hydrogens (tertiary/aromatic N) is 1. The number of hydrogen-bond acceptors (Lipinski definition) is 5. The second kappa shape index (κ2) is 7.19. The highest BCUT2D eigenvalue weighted by molar-refractivity contribution is 5.85. The molecule has 2 aromatic rings. The first kappa shape index (κ1) is 14.7. The predicted molar refractivity (Wildman–Crippen MR) is 83.8 cm³/mol. The number of hydrazone groups is 1. The van der Waals surface area contributed by atoms with E-state index < -0.39 is 0 Å². The summed E-state index contributed by atoms with van der Waals surface area (Å²) in [7, 11) is 4.84. The first-order valence-electron chi connectivity index (χ1n) is 6.42. The molecule has 0 aromatic heterocycles. The molecule has 0 aliphatic heterocycles. The van der Waals surface area contributed by atoms with Crippen molar-refractivity contribution in [3.05, 3.63) is 48.0 Å². The summed E-state index contributed by atoms with van der Waals surface area (Å²) < 4.78 is 15.7. The zero-order valence-corrected chi connectivity index (χ0v) is 12.3. The predicted octanol–water partition coefficient (Wildman–Crippen LogP) is 3.16. The van der Waals surface area contributed by atoms with E-state index in [0.717, 1.165) is 17.0 Å². The summed E-state index contributed by atoms with van der Waals surface area (Å²) in [6.07, 6.45) is 1.69. The summed E-state index contributed by atoms with van der Waals surface area (Å²) in [5, 5.41) is 4.20. The molecule has 0 atom stereocenters. The third kappa shape index (κ3) is 3.66. The summed E-state index contributed by atoms with van der Waals surface area (Å²) in [4.78, 5) is 0. The fourth-order valence-corrected chi connectivity index (χ4v) is 1.86. The molecule has 2 aromatic carbocycles. The van der Waals surface area contributed by atoms with E-state index in [0.29, 0.717) is 11.5 Å². The molecule has 0 radical (unpaired) electrons. The molecule has 2 rings (SSSR count). The second-order valence-electron chi connectivity index (χ2n) is 4.18. The summed E-state index contributed by atoms with van der Waals surface area (Å²) in [5.74, 6) is 2.13. The van der Waals surface area contributed by atoms with Crippen molar-refractivity contribution < 1.29 is 14.2 Å². The average Bonchev–Trinajstić information content (AvgIpc) is 2.55. The lowest BCUT2D eigenvalue weighted by molar-refractivity contribution is 0.354. The van der Waals surface area contributed by atoms with E-state index in [2.05, 4.69) is 10.5 Å².